The minimum absolute atomic E-state index is 0.0343. The van der Waals surface area contributed by atoms with Crippen LogP contribution < -0.4 is 10.3 Å². The molecule has 5 heteroatoms. The number of aryl methyl sites for hydroxylation is 1. The second-order valence-electron chi connectivity index (χ2n) is 6.98. The molecule has 0 fully saturated rings. The molecule has 0 amide bonds. The van der Waals surface area contributed by atoms with E-state index in [9.17, 15) is 9.59 Å². The van der Waals surface area contributed by atoms with Gasteiger partial charge in [-0.25, -0.2) is 4.79 Å². The predicted octanol–water partition coefficient (Wildman–Crippen LogP) is 3.72. The molecule has 1 aromatic heterocycles. The minimum Gasteiger partial charge on any atom is -0.452 e. The van der Waals surface area contributed by atoms with Gasteiger partial charge in [0.2, 0.25) is 5.79 Å². The van der Waals surface area contributed by atoms with E-state index < -0.39 is 11.8 Å². The highest BCUT2D eigenvalue weighted by Crippen LogP contribution is 2.32. The van der Waals surface area contributed by atoms with E-state index in [1.54, 1.807) is 48.9 Å². The Bertz CT molecular complexity index is 976. The number of rotatable bonds is 4. The maximum Gasteiger partial charge on any atom is 0.346 e. The molecule has 1 aliphatic rings. The van der Waals surface area contributed by atoms with E-state index in [1.807, 2.05) is 0 Å². The third-order valence-electron chi connectivity index (χ3n) is 4.25. The number of nitrogens with zero attached hydrogens (tertiary/aromatic N) is 1. The van der Waals surface area contributed by atoms with Gasteiger partial charge in [0.1, 0.15) is 11.3 Å². The van der Waals surface area contributed by atoms with E-state index in [1.165, 1.54) is 6.07 Å². The first-order valence-electron chi connectivity index (χ1n) is 9.17. The van der Waals surface area contributed by atoms with Crippen molar-refractivity contribution in [3.05, 3.63) is 63.6 Å². The number of aromatic nitrogens is 1. The minimum atomic E-state index is -0.996. The van der Waals surface area contributed by atoms with Crippen LogP contribution in [-0.2, 0) is 11.3 Å². The predicted molar refractivity (Wildman–Crippen MR) is 103 cm³/mol. The lowest BCUT2D eigenvalue weighted by Gasteiger charge is -2.31. The van der Waals surface area contributed by atoms with Gasteiger partial charge in [-0.1, -0.05) is 37.7 Å². The Morgan fingerprint density at radius 2 is 1.85 bits per heavy atom. The summed E-state index contributed by atoms with van der Waals surface area (Å²) in [7, 11) is 0. The molecule has 0 spiro atoms. The second kappa shape index (κ2) is 7.71. The maximum absolute atomic E-state index is 12.4. The molecule has 0 N–H and O–H groups in total. The van der Waals surface area contributed by atoms with E-state index in [0.717, 1.165) is 19.3 Å². The van der Waals surface area contributed by atoms with Crippen LogP contribution in [0.15, 0.2) is 41.3 Å². The average Bonchev–Trinajstić information content (AvgIpc) is 2.61. The standard InChI is InChI=1S/C22H23NO4/c1-4-5-6-14-23-15-16(11-13-19(23)24)10-12-17-8-7-9-18-20(17)21(25)27-22(2,3)26-18/h7-9,11,13,15H,4-6,14H2,1-3H3. The first-order valence-corrected chi connectivity index (χ1v) is 9.17. The average molecular weight is 365 g/mol. The second-order valence-corrected chi connectivity index (χ2v) is 6.98. The van der Waals surface area contributed by atoms with Crippen molar-refractivity contribution in [1.82, 2.24) is 4.57 Å². The molecular weight excluding hydrogens is 342 g/mol. The SMILES string of the molecule is CCCCCn1cc(C#Cc2cccc3c2C(=O)OC(C)(C)O3)ccc1=O. The van der Waals surface area contributed by atoms with Gasteiger partial charge in [0.25, 0.3) is 5.56 Å². The van der Waals surface area contributed by atoms with Crippen LogP contribution >= 0.6 is 0 Å². The third-order valence-corrected chi connectivity index (χ3v) is 4.25. The van der Waals surface area contributed by atoms with Crippen LogP contribution in [0.25, 0.3) is 0 Å². The summed E-state index contributed by atoms with van der Waals surface area (Å²) in [6, 6.07) is 8.50. The molecule has 0 saturated carbocycles. The van der Waals surface area contributed by atoms with Crippen molar-refractivity contribution >= 4 is 5.97 Å². The first kappa shape index (κ1) is 18.8. The van der Waals surface area contributed by atoms with E-state index >= 15 is 0 Å². The summed E-state index contributed by atoms with van der Waals surface area (Å²) < 4.78 is 12.7. The van der Waals surface area contributed by atoms with Crippen LogP contribution in [0.5, 0.6) is 5.75 Å². The summed E-state index contributed by atoms with van der Waals surface area (Å²) in [5.74, 6) is 5.07. The van der Waals surface area contributed by atoms with Crippen molar-refractivity contribution < 1.29 is 14.3 Å². The molecular formula is C22H23NO4. The Kier molecular flexibility index (Phi) is 5.36. The quantitative estimate of drug-likeness (QED) is 0.471. The van der Waals surface area contributed by atoms with Crippen molar-refractivity contribution in [1.29, 1.82) is 0 Å². The highest BCUT2D eigenvalue weighted by molar-refractivity contribution is 5.96. The van der Waals surface area contributed by atoms with Crippen LogP contribution in [0, 0.1) is 11.8 Å². The molecule has 0 atom stereocenters. The van der Waals surface area contributed by atoms with E-state index in [0.29, 0.717) is 29.0 Å². The van der Waals surface area contributed by atoms with E-state index in [2.05, 4.69) is 18.8 Å². The van der Waals surface area contributed by atoms with Crippen molar-refractivity contribution in [2.75, 3.05) is 0 Å². The molecule has 3 rings (SSSR count). The number of esters is 1. The van der Waals surface area contributed by atoms with Crippen LogP contribution in [0.4, 0.5) is 0 Å². The normalized spacial score (nSPS) is 14.4. The Morgan fingerprint density at radius 3 is 2.63 bits per heavy atom. The zero-order chi connectivity index (χ0) is 19.4. The highest BCUT2D eigenvalue weighted by atomic mass is 16.7. The summed E-state index contributed by atoms with van der Waals surface area (Å²) in [4.78, 5) is 24.3. The molecule has 2 aromatic rings. The Hall–Kier alpha value is -3.00. The number of pyridine rings is 1. The van der Waals surface area contributed by atoms with E-state index in [4.69, 9.17) is 9.47 Å². The fourth-order valence-electron chi connectivity index (χ4n) is 2.94. The fourth-order valence-corrected chi connectivity index (χ4v) is 2.94. The molecule has 0 aliphatic carbocycles. The number of hydrogen-bond acceptors (Lipinski definition) is 4. The third kappa shape index (κ3) is 4.40. The lowest BCUT2D eigenvalue weighted by Crippen LogP contribution is -2.39. The summed E-state index contributed by atoms with van der Waals surface area (Å²) >= 11 is 0. The summed E-state index contributed by atoms with van der Waals surface area (Å²) in [6.07, 6.45) is 4.90. The zero-order valence-electron chi connectivity index (χ0n) is 15.9. The van der Waals surface area contributed by atoms with Crippen LogP contribution in [0.1, 0.15) is 61.5 Å². The van der Waals surface area contributed by atoms with Gasteiger partial charge < -0.3 is 14.0 Å². The van der Waals surface area contributed by atoms with Gasteiger partial charge in [0.15, 0.2) is 0 Å². The Balaban J connectivity index is 1.90. The smallest absolute Gasteiger partial charge is 0.346 e. The van der Waals surface area contributed by atoms with Crippen molar-refractivity contribution in [3.8, 4) is 17.6 Å². The van der Waals surface area contributed by atoms with Gasteiger partial charge in [-0.3, -0.25) is 4.79 Å². The van der Waals surface area contributed by atoms with Gasteiger partial charge in [-0.2, -0.15) is 0 Å². The molecule has 0 bridgehead atoms. The van der Waals surface area contributed by atoms with Crippen molar-refractivity contribution in [3.63, 3.8) is 0 Å². The lowest BCUT2D eigenvalue weighted by molar-refractivity contribution is -0.127. The van der Waals surface area contributed by atoms with Crippen LogP contribution in [-0.4, -0.2) is 16.3 Å². The van der Waals surface area contributed by atoms with E-state index in [-0.39, 0.29) is 5.56 Å². The number of unbranched alkanes of at least 4 members (excludes halogenated alkanes) is 2. The Morgan fingerprint density at radius 1 is 1.04 bits per heavy atom. The summed E-state index contributed by atoms with van der Waals surface area (Å²) in [5.41, 5.74) is 1.56. The number of carbonyl (C=O) groups excluding carboxylic acids is 1. The summed E-state index contributed by atoms with van der Waals surface area (Å²) in [5, 5.41) is 0. The monoisotopic (exact) mass is 365 g/mol. The number of hydrogen-bond donors (Lipinski definition) is 0. The van der Waals surface area contributed by atoms with Gasteiger partial charge in [0.05, 0.1) is 0 Å². The number of benzene rings is 1. The largest absolute Gasteiger partial charge is 0.452 e. The molecule has 0 saturated heterocycles. The van der Waals surface area contributed by atoms with Gasteiger partial charge in [-0.05, 0) is 24.6 Å². The molecule has 0 unspecified atom stereocenters. The summed E-state index contributed by atoms with van der Waals surface area (Å²) in [6.45, 7) is 6.18. The molecule has 140 valence electrons. The van der Waals surface area contributed by atoms with Crippen molar-refractivity contribution in [2.45, 2.75) is 52.4 Å². The number of ether oxygens (including phenoxy) is 2. The molecule has 1 aliphatic heterocycles. The lowest BCUT2D eigenvalue weighted by atomic mass is 10.0. The van der Waals surface area contributed by atoms with Gasteiger partial charge in [-0.15, -0.1) is 0 Å². The van der Waals surface area contributed by atoms with Crippen molar-refractivity contribution in [2.24, 2.45) is 0 Å². The van der Waals surface area contributed by atoms with Crippen LogP contribution in [0.2, 0.25) is 0 Å². The highest BCUT2D eigenvalue weighted by Gasteiger charge is 2.35. The zero-order valence-corrected chi connectivity index (χ0v) is 15.9. The number of fused-ring (bicyclic) bond motifs is 1. The van der Waals surface area contributed by atoms with Gasteiger partial charge >= 0.3 is 5.97 Å². The molecule has 1 aromatic carbocycles. The fraction of sp³-hybridized carbons (Fsp3) is 0.364. The van der Waals surface area contributed by atoms with Gasteiger partial charge in [0, 0.05) is 43.8 Å². The molecule has 2 heterocycles. The molecule has 5 nitrogen and oxygen atoms in total. The topological polar surface area (TPSA) is 57.5 Å². The molecule has 27 heavy (non-hydrogen) atoms. The number of carbonyl (C=O) groups is 1. The van der Waals surface area contributed by atoms with Crippen LogP contribution in [0.3, 0.4) is 0 Å². The first-order chi connectivity index (χ1) is 12.9. The molecule has 0 radical (unpaired) electrons. The number of cyclic esters (lactones) is 1. The Labute approximate surface area is 158 Å². The maximum atomic E-state index is 12.4.